The van der Waals surface area contributed by atoms with Crippen LogP contribution < -0.4 is 10.6 Å². The van der Waals surface area contributed by atoms with Crippen molar-refractivity contribution in [2.75, 3.05) is 20.2 Å². The van der Waals surface area contributed by atoms with Gasteiger partial charge in [-0.05, 0) is 0 Å². The van der Waals surface area contributed by atoms with Gasteiger partial charge in [0.2, 0.25) is 5.91 Å². The molecule has 0 aromatic heterocycles. The lowest BCUT2D eigenvalue weighted by Crippen LogP contribution is -2.43. The van der Waals surface area contributed by atoms with Crippen molar-refractivity contribution in [1.82, 2.24) is 10.6 Å². The zero-order chi connectivity index (χ0) is 8.97. The van der Waals surface area contributed by atoms with Crippen molar-refractivity contribution in [2.45, 2.75) is 12.5 Å². The van der Waals surface area contributed by atoms with Gasteiger partial charge in [0.25, 0.3) is 0 Å². The molecular formula is C7H12N2O3. The largest absolute Gasteiger partial charge is 0.468 e. The van der Waals surface area contributed by atoms with E-state index in [2.05, 4.69) is 15.4 Å². The van der Waals surface area contributed by atoms with Crippen molar-refractivity contribution in [2.24, 2.45) is 0 Å². The molecule has 12 heavy (non-hydrogen) atoms. The van der Waals surface area contributed by atoms with Crippen LogP contribution in [0.5, 0.6) is 0 Å². The minimum absolute atomic E-state index is 0.0334. The molecule has 0 spiro atoms. The third-order valence-corrected chi connectivity index (χ3v) is 1.73. The van der Waals surface area contributed by atoms with Crippen LogP contribution in [0.2, 0.25) is 0 Å². The van der Waals surface area contributed by atoms with E-state index in [1.807, 2.05) is 0 Å². The molecule has 1 aliphatic heterocycles. The van der Waals surface area contributed by atoms with Gasteiger partial charge in [-0.15, -0.1) is 0 Å². The maximum atomic E-state index is 11.0. The highest BCUT2D eigenvalue weighted by Gasteiger charge is 2.21. The molecule has 0 saturated carbocycles. The number of amides is 1. The first kappa shape index (κ1) is 8.99. The predicted molar refractivity (Wildman–Crippen MR) is 41.4 cm³/mol. The highest BCUT2D eigenvalue weighted by molar-refractivity contribution is 5.80. The van der Waals surface area contributed by atoms with Crippen molar-refractivity contribution in [3.8, 4) is 0 Å². The van der Waals surface area contributed by atoms with E-state index in [1.165, 1.54) is 7.11 Å². The van der Waals surface area contributed by atoms with Crippen LogP contribution in [0.15, 0.2) is 0 Å². The average molecular weight is 172 g/mol. The number of esters is 1. The Bertz CT molecular complexity index is 193. The van der Waals surface area contributed by atoms with Gasteiger partial charge in [0.15, 0.2) is 0 Å². The van der Waals surface area contributed by atoms with E-state index >= 15 is 0 Å². The Kier molecular flexibility index (Phi) is 3.04. The summed E-state index contributed by atoms with van der Waals surface area (Å²) in [6.07, 6.45) is 0.410. The zero-order valence-electron chi connectivity index (χ0n) is 6.92. The van der Waals surface area contributed by atoms with Crippen LogP contribution in [0.25, 0.3) is 0 Å². The van der Waals surface area contributed by atoms with Crippen LogP contribution in [0.1, 0.15) is 6.42 Å². The first-order chi connectivity index (χ1) is 5.74. The number of carbonyl (C=O) groups excluding carboxylic acids is 2. The molecule has 0 bridgehead atoms. The number of ether oxygens (including phenoxy) is 1. The number of hydrogen-bond acceptors (Lipinski definition) is 4. The fourth-order valence-corrected chi connectivity index (χ4v) is 1.05. The van der Waals surface area contributed by atoms with Gasteiger partial charge in [-0.1, -0.05) is 0 Å². The van der Waals surface area contributed by atoms with E-state index in [1.54, 1.807) is 0 Å². The van der Waals surface area contributed by atoms with Gasteiger partial charge >= 0.3 is 5.97 Å². The van der Waals surface area contributed by atoms with E-state index in [-0.39, 0.29) is 11.9 Å². The minimum atomic E-state index is -0.401. The SMILES string of the molecule is COC(=O)C1CNC(=O)CCN1. The van der Waals surface area contributed by atoms with Gasteiger partial charge in [-0.3, -0.25) is 9.59 Å². The summed E-state index contributed by atoms with van der Waals surface area (Å²) in [6, 6.07) is -0.401. The second kappa shape index (κ2) is 4.06. The lowest BCUT2D eigenvalue weighted by Gasteiger charge is -2.11. The third-order valence-electron chi connectivity index (χ3n) is 1.73. The number of methoxy groups -OCH3 is 1. The smallest absolute Gasteiger partial charge is 0.324 e. The molecule has 1 unspecified atom stereocenters. The molecule has 68 valence electrons. The first-order valence-electron chi connectivity index (χ1n) is 3.82. The molecule has 0 radical (unpaired) electrons. The van der Waals surface area contributed by atoms with Crippen molar-refractivity contribution in [3.05, 3.63) is 0 Å². The highest BCUT2D eigenvalue weighted by Crippen LogP contribution is 1.92. The third kappa shape index (κ3) is 2.20. The van der Waals surface area contributed by atoms with E-state index in [0.29, 0.717) is 19.5 Å². The van der Waals surface area contributed by atoms with Crippen molar-refractivity contribution in [3.63, 3.8) is 0 Å². The topological polar surface area (TPSA) is 67.4 Å². The van der Waals surface area contributed by atoms with Crippen LogP contribution in [-0.4, -0.2) is 38.1 Å². The van der Waals surface area contributed by atoms with Crippen molar-refractivity contribution >= 4 is 11.9 Å². The number of rotatable bonds is 1. The molecule has 1 fully saturated rings. The summed E-state index contributed by atoms with van der Waals surface area (Å²) in [4.78, 5) is 21.8. The lowest BCUT2D eigenvalue weighted by molar-refractivity contribution is -0.142. The summed E-state index contributed by atoms with van der Waals surface area (Å²) < 4.78 is 4.53. The maximum Gasteiger partial charge on any atom is 0.324 e. The molecule has 0 aromatic rings. The van der Waals surface area contributed by atoms with Gasteiger partial charge < -0.3 is 15.4 Å². The summed E-state index contributed by atoms with van der Waals surface area (Å²) in [6.45, 7) is 0.830. The Hall–Kier alpha value is -1.10. The molecule has 1 saturated heterocycles. The molecule has 5 nitrogen and oxygen atoms in total. The summed E-state index contributed by atoms with van der Waals surface area (Å²) in [7, 11) is 1.33. The quantitative estimate of drug-likeness (QED) is 0.479. The monoisotopic (exact) mass is 172 g/mol. The number of carbonyl (C=O) groups is 2. The fraction of sp³-hybridized carbons (Fsp3) is 0.714. The van der Waals surface area contributed by atoms with E-state index in [4.69, 9.17) is 0 Å². The molecule has 2 N–H and O–H groups in total. The van der Waals surface area contributed by atoms with Crippen LogP contribution >= 0.6 is 0 Å². The number of nitrogens with one attached hydrogen (secondary N) is 2. The molecule has 0 aromatic carbocycles. The summed E-state index contributed by atoms with van der Waals surface area (Å²) >= 11 is 0. The Morgan fingerprint density at radius 1 is 1.67 bits per heavy atom. The molecule has 0 aliphatic carbocycles. The molecule has 1 rings (SSSR count). The number of hydrogen-bond donors (Lipinski definition) is 2. The van der Waals surface area contributed by atoms with E-state index in [0.717, 1.165) is 0 Å². The van der Waals surface area contributed by atoms with E-state index < -0.39 is 6.04 Å². The molecule has 1 atom stereocenters. The molecule has 1 aliphatic rings. The van der Waals surface area contributed by atoms with E-state index in [9.17, 15) is 9.59 Å². The van der Waals surface area contributed by atoms with Crippen LogP contribution in [0.4, 0.5) is 0 Å². The molecule has 1 amide bonds. The standard InChI is InChI=1S/C7H12N2O3/c1-12-7(11)5-4-9-6(10)2-3-8-5/h5,8H,2-4H2,1H3,(H,9,10). The minimum Gasteiger partial charge on any atom is -0.468 e. The summed E-state index contributed by atoms with van der Waals surface area (Å²) in [5.41, 5.74) is 0. The Balaban J connectivity index is 2.45. The fourth-order valence-electron chi connectivity index (χ4n) is 1.05. The molecule has 1 heterocycles. The lowest BCUT2D eigenvalue weighted by atomic mass is 10.3. The average Bonchev–Trinajstić information content (AvgIpc) is 2.29. The second-order valence-electron chi connectivity index (χ2n) is 2.58. The second-order valence-corrected chi connectivity index (χ2v) is 2.58. The van der Waals surface area contributed by atoms with Gasteiger partial charge in [0.05, 0.1) is 7.11 Å². The highest BCUT2D eigenvalue weighted by atomic mass is 16.5. The first-order valence-corrected chi connectivity index (χ1v) is 3.82. The predicted octanol–water partition coefficient (Wildman–Crippen LogP) is -1.36. The van der Waals surface area contributed by atoms with Crippen LogP contribution in [-0.2, 0) is 14.3 Å². The maximum absolute atomic E-state index is 11.0. The van der Waals surface area contributed by atoms with Crippen LogP contribution in [0, 0.1) is 0 Å². The van der Waals surface area contributed by atoms with Crippen LogP contribution in [0.3, 0.4) is 0 Å². The summed E-state index contributed by atoms with van der Waals surface area (Å²) in [5, 5.41) is 5.51. The summed E-state index contributed by atoms with van der Waals surface area (Å²) in [5.74, 6) is -0.369. The van der Waals surface area contributed by atoms with Gasteiger partial charge in [-0.25, -0.2) is 0 Å². The normalized spacial score (nSPS) is 24.1. The molecule has 5 heteroatoms. The van der Waals surface area contributed by atoms with Crippen molar-refractivity contribution in [1.29, 1.82) is 0 Å². The Morgan fingerprint density at radius 2 is 2.42 bits per heavy atom. The van der Waals surface area contributed by atoms with Gasteiger partial charge in [-0.2, -0.15) is 0 Å². The molecular weight excluding hydrogens is 160 g/mol. The zero-order valence-corrected chi connectivity index (χ0v) is 6.92. The van der Waals surface area contributed by atoms with Gasteiger partial charge in [0, 0.05) is 19.5 Å². The van der Waals surface area contributed by atoms with Crippen molar-refractivity contribution < 1.29 is 14.3 Å². The Labute approximate surface area is 70.5 Å². The Morgan fingerprint density at radius 3 is 3.08 bits per heavy atom. The van der Waals surface area contributed by atoms with Gasteiger partial charge in [0.1, 0.15) is 6.04 Å².